The molecule has 5 heteroatoms. The monoisotopic (exact) mass is 161 g/mol. The van der Waals surface area contributed by atoms with Crippen LogP contribution in [0.2, 0.25) is 0 Å². The van der Waals surface area contributed by atoms with Gasteiger partial charge in [0.1, 0.15) is 0 Å². The van der Waals surface area contributed by atoms with E-state index in [1.54, 1.807) is 0 Å². The molecule has 0 saturated carbocycles. The van der Waals surface area contributed by atoms with Crippen LogP contribution >= 0.6 is 12.4 Å². The molecule has 43 valence electrons. The molecule has 6 heavy (non-hydrogen) atoms. The molecule has 0 heterocycles. The number of hydrogen-bond acceptors (Lipinski definition) is 1. The van der Waals surface area contributed by atoms with Crippen LogP contribution in [-0.4, -0.2) is 16.4 Å². The number of hydrogen-bond donors (Lipinski definition) is 2. The van der Waals surface area contributed by atoms with Gasteiger partial charge in [-0.15, -0.1) is 12.4 Å². The minimum Gasteiger partial charge on any atom is -0.450 e. The van der Waals surface area contributed by atoms with E-state index in [4.69, 9.17) is 15.0 Å². The fourth-order valence-corrected chi connectivity index (χ4v) is 0. The average molecular weight is 162 g/mol. The third-order valence-electron chi connectivity index (χ3n) is 0. The van der Waals surface area contributed by atoms with Crippen molar-refractivity contribution in [3.8, 4) is 0 Å². The fraction of sp³-hybridized carbons (Fsp3) is 0. The first kappa shape index (κ1) is 16.5. The summed E-state index contributed by atoms with van der Waals surface area (Å²) in [5.74, 6) is 0. The molecule has 0 unspecified atom stereocenters. The van der Waals surface area contributed by atoms with Gasteiger partial charge >= 0.3 is 6.16 Å². The van der Waals surface area contributed by atoms with Gasteiger partial charge in [-0.3, -0.25) is 0 Å². The zero-order valence-corrected chi connectivity index (χ0v) is 4.27. The van der Waals surface area contributed by atoms with Crippen LogP contribution in [0.4, 0.5) is 4.79 Å². The average Bonchev–Trinajstić information content (AvgIpc) is 0.811. The summed E-state index contributed by atoms with van der Waals surface area (Å²) in [5, 5.41) is 13.9. The summed E-state index contributed by atoms with van der Waals surface area (Å²) in [7, 11) is 0. The van der Waals surface area contributed by atoms with Crippen LogP contribution in [-0.2, 0) is 17.1 Å². The largest absolute Gasteiger partial charge is 0.503 e. The van der Waals surface area contributed by atoms with Crippen molar-refractivity contribution in [1.82, 2.24) is 0 Å². The van der Waals surface area contributed by atoms with Gasteiger partial charge < -0.3 is 10.2 Å². The maximum absolute atomic E-state index is 8.56. The van der Waals surface area contributed by atoms with Crippen molar-refractivity contribution in [2.45, 2.75) is 0 Å². The van der Waals surface area contributed by atoms with Gasteiger partial charge in [0.25, 0.3) is 0 Å². The Morgan fingerprint density at radius 2 is 1.33 bits per heavy atom. The molecule has 0 saturated heterocycles. The molecular weight excluding hydrogens is 159 g/mol. The molecule has 0 aromatic rings. The van der Waals surface area contributed by atoms with Crippen LogP contribution in [0.1, 0.15) is 0 Å². The van der Waals surface area contributed by atoms with Crippen molar-refractivity contribution in [2.24, 2.45) is 0 Å². The second-order valence-corrected chi connectivity index (χ2v) is 0.283. The Balaban J connectivity index is -0.0000000450. The summed E-state index contributed by atoms with van der Waals surface area (Å²) in [4.78, 5) is 8.56. The number of carbonyl (C=O) groups is 1. The van der Waals surface area contributed by atoms with Crippen LogP contribution in [0.15, 0.2) is 0 Å². The minimum absolute atomic E-state index is 0. The van der Waals surface area contributed by atoms with E-state index in [0.29, 0.717) is 0 Å². The van der Waals surface area contributed by atoms with Gasteiger partial charge in [-0.1, -0.05) is 0 Å². The van der Waals surface area contributed by atoms with Crippen molar-refractivity contribution in [3.05, 3.63) is 0 Å². The third kappa shape index (κ3) is 6120. The number of carboxylic acid groups (broad SMARTS) is 2. The topological polar surface area (TPSA) is 57.5 Å². The molecule has 0 rings (SSSR count). The summed E-state index contributed by atoms with van der Waals surface area (Å²) in [6.07, 6.45) is -1.83. The van der Waals surface area contributed by atoms with E-state index in [2.05, 4.69) is 0 Å². The van der Waals surface area contributed by atoms with Crippen molar-refractivity contribution < 1.29 is 32.1 Å². The smallest absolute Gasteiger partial charge is 0.450 e. The Morgan fingerprint density at radius 3 is 1.33 bits per heavy atom. The van der Waals surface area contributed by atoms with Crippen LogP contribution in [0, 0.1) is 0 Å². The molecule has 3 nitrogen and oxygen atoms in total. The minimum atomic E-state index is -1.83. The predicted octanol–water partition coefficient (Wildman–Crippen LogP) is 0.642. The van der Waals surface area contributed by atoms with Crippen molar-refractivity contribution >= 4 is 18.6 Å². The van der Waals surface area contributed by atoms with E-state index >= 15 is 0 Å². The summed E-state index contributed by atoms with van der Waals surface area (Å²) in [6, 6.07) is 0. The van der Waals surface area contributed by atoms with Gasteiger partial charge in [0.15, 0.2) is 0 Å². The molecule has 0 bridgehead atoms. The Kier molecular flexibility index (Phi) is 24.6. The Hall–Kier alpha value is 0.0795. The molecule has 0 aliphatic heterocycles. The molecular formula is CH3ClCuO3. The molecule has 0 aliphatic carbocycles. The molecule has 0 fully saturated rings. The maximum Gasteiger partial charge on any atom is 0.503 e. The molecule has 0 amide bonds. The van der Waals surface area contributed by atoms with E-state index in [1.165, 1.54) is 0 Å². The number of halogens is 1. The van der Waals surface area contributed by atoms with Gasteiger partial charge in [-0.25, -0.2) is 4.79 Å². The van der Waals surface area contributed by atoms with E-state index in [9.17, 15) is 0 Å². The Labute approximate surface area is 51.2 Å². The quantitative estimate of drug-likeness (QED) is 0.514. The van der Waals surface area contributed by atoms with Crippen LogP contribution < -0.4 is 0 Å². The predicted molar refractivity (Wildman–Crippen MR) is 17.9 cm³/mol. The summed E-state index contributed by atoms with van der Waals surface area (Å²) >= 11 is 0. The molecule has 0 aliphatic rings. The molecule has 1 radical (unpaired) electrons. The summed E-state index contributed by atoms with van der Waals surface area (Å²) in [6.45, 7) is 0. The second kappa shape index (κ2) is 8.91. The SMILES string of the molecule is Cl.O=C(O)O.[Cu]. The van der Waals surface area contributed by atoms with Gasteiger partial charge in [0.05, 0.1) is 0 Å². The maximum atomic E-state index is 8.56. The van der Waals surface area contributed by atoms with Crippen molar-refractivity contribution in [3.63, 3.8) is 0 Å². The van der Waals surface area contributed by atoms with Gasteiger partial charge in [-0.05, 0) is 0 Å². The zero-order chi connectivity index (χ0) is 3.58. The van der Waals surface area contributed by atoms with E-state index in [0.717, 1.165) is 0 Å². The Bertz CT molecular complexity index is 33.8. The fourth-order valence-electron chi connectivity index (χ4n) is 0. The van der Waals surface area contributed by atoms with Crippen molar-refractivity contribution in [1.29, 1.82) is 0 Å². The first-order valence-corrected chi connectivity index (χ1v) is 0.651. The first-order valence-electron chi connectivity index (χ1n) is 0.651. The summed E-state index contributed by atoms with van der Waals surface area (Å²) in [5.41, 5.74) is 0. The van der Waals surface area contributed by atoms with Crippen LogP contribution in [0.3, 0.4) is 0 Å². The zero-order valence-electron chi connectivity index (χ0n) is 2.51. The molecule has 0 aromatic heterocycles. The van der Waals surface area contributed by atoms with Gasteiger partial charge in [0.2, 0.25) is 0 Å². The molecule has 0 atom stereocenters. The summed E-state index contributed by atoms with van der Waals surface area (Å²) < 4.78 is 0. The molecule has 0 aromatic carbocycles. The standard InChI is InChI=1S/CH2O3.ClH.Cu/c2-1(3)4;;/h(H2,2,3,4);1H;. The van der Waals surface area contributed by atoms with Crippen molar-refractivity contribution in [2.75, 3.05) is 0 Å². The van der Waals surface area contributed by atoms with Crippen LogP contribution in [0.25, 0.3) is 0 Å². The first-order chi connectivity index (χ1) is 1.73. The van der Waals surface area contributed by atoms with Gasteiger partial charge in [0, 0.05) is 17.1 Å². The Morgan fingerprint density at radius 1 is 1.33 bits per heavy atom. The van der Waals surface area contributed by atoms with E-state index in [-0.39, 0.29) is 29.5 Å². The van der Waals surface area contributed by atoms with Crippen LogP contribution in [0.5, 0.6) is 0 Å². The molecule has 2 N–H and O–H groups in total. The van der Waals surface area contributed by atoms with E-state index in [1.807, 2.05) is 0 Å². The van der Waals surface area contributed by atoms with Gasteiger partial charge in [-0.2, -0.15) is 0 Å². The normalized spacial score (nSPS) is 4.00. The number of rotatable bonds is 0. The second-order valence-electron chi connectivity index (χ2n) is 0.283. The molecule has 0 spiro atoms. The third-order valence-corrected chi connectivity index (χ3v) is 0. The van der Waals surface area contributed by atoms with E-state index < -0.39 is 6.16 Å².